The van der Waals surface area contributed by atoms with Gasteiger partial charge in [0.15, 0.2) is 0 Å². The molecule has 1 N–H and O–H groups in total. The highest BCUT2D eigenvalue weighted by atomic mass is 16.5. The molecular formula is C10H17N3O2. The lowest BCUT2D eigenvalue weighted by Gasteiger charge is -2.11. The molecule has 0 aliphatic carbocycles. The minimum atomic E-state index is -0.265. The van der Waals surface area contributed by atoms with Crippen LogP contribution in [0.5, 0.6) is 0 Å². The quantitative estimate of drug-likeness (QED) is 0.802. The van der Waals surface area contributed by atoms with Crippen molar-refractivity contribution in [3.8, 4) is 0 Å². The van der Waals surface area contributed by atoms with Crippen molar-refractivity contribution in [2.45, 2.75) is 33.6 Å². The maximum Gasteiger partial charge on any atom is 0.292 e. The first-order valence-corrected chi connectivity index (χ1v) is 5.25. The van der Waals surface area contributed by atoms with E-state index in [1.807, 2.05) is 0 Å². The van der Waals surface area contributed by atoms with Gasteiger partial charge in [-0.3, -0.25) is 4.79 Å². The van der Waals surface area contributed by atoms with E-state index in [4.69, 9.17) is 4.52 Å². The normalized spacial score (nSPS) is 10.7. The van der Waals surface area contributed by atoms with Crippen LogP contribution < -0.4 is 5.32 Å². The SMILES string of the molecule is CCC(CC)CNC(=O)c1noc(C)n1. The summed E-state index contributed by atoms with van der Waals surface area (Å²) in [5, 5.41) is 6.34. The van der Waals surface area contributed by atoms with Crippen molar-refractivity contribution in [2.24, 2.45) is 5.92 Å². The standard InChI is InChI=1S/C10H17N3O2/c1-4-8(5-2)6-11-10(14)9-12-7(3)15-13-9/h8H,4-6H2,1-3H3,(H,11,14). The Labute approximate surface area is 89.2 Å². The molecule has 0 bridgehead atoms. The van der Waals surface area contributed by atoms with Gasteiger partial charge in [-0.05, 0) is 5.92 Å². The molecule has 0 spiro atoms. The zero-order valence-corrected chi connectivity index (χ0v) is 9.41. The number of amides is 1. The van der Waals surface area contributed by atoms with E-state index < -0.39 is 0 Å². The van der Waals surface area contributed by atoms with Gasteiger partial charge >= 0.3 is 0 Å². The second-order valence-electron chi connectivity index (χ2n) is 3.53. The number of aromatic nitrogens is 2. The van der Waals surface area contributed by atoms with Gasteiger partial charge in [0.25, 0.3) is 11.7 Å². The van der Waals surface area contributed by atoms with Gasteiger partial charge in [0.2, 0.25) is 5.89 Å². The van der Waals surface area contributed by atoms with Crippen molar-refractivity contribution in [1.29, 1.82) is 0 Å². The van der Waals surface area contributed by atoms with E-state index in [0.29, 0.717) is 18.4 Å². The van der Waals surface area contributed by atoms with Gasteiger partial charge in [0.05, 0.1) is 0 Å². The van der Waals surface area contributed by atoms with E-state index in [2.05, 4.69) is 29.3 Å². The van der Waals surface area contributed by atoms with Gasteiger partial charge in [-0.1, -0.05) is 31.8 Å². The molecule has 0 saturated heterocycles. The molecule has 5 heteroatoms. The van der Waals surface area contributed by atoms with Crippen LogP contribution in [0, 0.1) is 12.8 Å². The third-order valence-electron chi connectivity index (χ3n) is 2.44. The summed E-state index contributed by atoms with van der Waals surface area (Å²) < 4.78 is 4.72. The zero-order chi connectivity index (χ0) is 11.3. The highest BCUT2D eigenvalue weighted by Crippen LogP contribution is 2.05. The largest absolute Gasteiger partial charge is 0.349 e. The topological polar surface area (TPSA) is 68.0 Å². The van der Waals surface area contributed by atoms with E-state index >= 15 is 0 Å². The van der Waals surface area contributed by atoms with Gasteiger partial charge in [-0.2, -0.15) is 4.98 Å². The minimum Gasteiger partial charge on any atom is -0.349 e. The average molecular weight is 211 g/mol. The van der Waals surface area contributed by atoms with Gasteiger partial charge in [-0.15, -0.1) is 0 Å². The number of hydrogen-bond donors (Lipinski definition) is 1. The summed E-state index contributed by atoms with van der Waals surface area (Å²) >= 11 is 0. The number of rotatable bonds is 5. The Morgan fingerprint density at radius 2 is 2.13 bits per heavy atom. The number of carbonyl (C=O) groups is 1. The summed E-state index contributed by atoms with van der Waals surface area (Å²) in [6, 6.07) is 0. The Bertz CT molecular complexity index is 318. The van der Waals surface area contributed by atoms with Crippen LogP contribution in [0.25, 0.3) is 0 Å². The van der Waals surface area contributed by atoms with Crippen LogP contribution in [0.1, 0.15) is 43.2 Å². The number of nitrogens with zero attached hydrogens (tertiary/aromatic N) is 2. The molecule has 0 fully saturated rings. The fourth-order valence-corrected chi connectivity index (χ4v) is 1.28. The molecule has 5 nitrogen and oxygen atoms in total. The van der Waals surface area contributed by atoms with E-state index in [9.17, 15) is 4.79 Å². The van der Waals surface area contributed by atoms with E-state index in [1.54, 1.807) is 6.92 Å². The maximum atomic E-state index is 11.5. The first-order chi connectivity index (χ1) is 7.17. The van der Waals surface area contributed by atoms with Crippen LogP contribution in [0.4, 0.5) is 0 Å². The second-order valence-corrected chi connectivity index (χ2v) is 3.53. The number of nitrogens with one attached hydrogen (secondary N) is 1. The summed E-state index contributed by atoms with van der Waals surface area (Å²) in [6.45, 7) is 6.54. The molecule has 0 aliphatic rings. The molecule has 0 atom stereocenters. The Hall–Kier alpha value is -1.39. The minimum absolute atomic E-state index is 0.110. The molecule has 1 amide bonds. The van der Waals surface area contributed by atoms with Crippen molar-refractivity contribution in [1.82, 2.24) is 15.5 Å². The number of aryl methyl sites for hydroxylation is 1. The average Bonchev–Trinajstić information content (AvgIpc) is 2.66. The Kier molecular flexibility index (Phi) is 4.27. The lowest BCUT2D eigenvalue weighted by molar-refractivity contribution is 0.0933. The van der Waals surface area contributed by atoms with Gasteiger partial charge in [-0.25, -0.2) is 0 Å². The van der Waals surface area contributed by atoms with Crippen LogP contribution in [0.2, 0.25) is 0 Å². The lowest BCUT2D eigenvalue weighted by Crippen LogP contribution is -2.29. The van der Waals surface area contributed by atoms with Crippen LogP contribution in [0.15, 0.2) is 4.52 Å². The maximum absolute atomic E-state index is 11.5. The van der Waals surface area contributed by atoms with Crippen LogP contribution in [-0.4, -0.2) is 22.6 Å². The summed E-state index contributed by atoms with van der Waals surface area (Å²) in [4.78, 5) is 15.3. The van der Waals surface area contributed by atoms with Gasteiger partial charge in [0, 0.05) is 13.5 Å². The molecule has 1 heterocycles. The molecule has 1 aromatic rings. The molecule has 0 saturated carbocycles. The summed E-state index contributed by atoms with van der Waals surface area (Å²) in [5.74, 6) is 0.766. The highest BCUT2D eigenvalue weighted by molar-refractivity contribution is 5.90. The fourth-order valence-electron chi connectivity index (χ4n) is 1.28. The van der Waals surface area contributed by atoms with Gasteiger partial charge in [0.1, 0.15) is 0 Å². The highest BCUT2D eigenvalue weighted by Gasteiger charge is 2.13. The lowest BCUT2D eigenvalue weighted by atomic mass is 10.0. The van der Waals surface area contributed by atoms with Crippen LogP contribution in [-0.2, 0) is 0 Å². The van der Waals surface area contributed by atoms with E-state index in [0.717, 1.165) is 12.8 Å². The third-order valence-corrected chi connectivity index (χ3v) is 2.44. The molecule has 1 aromatic heterocycles. The predicted octanol–water partition coefficient (Wildman–Crippen LogP) is 1.54. The van der Waals surface area contributed by atoms with Crippen molar-refractivity contribution in [3.05, 3.63) is 11.7 Å². The fraction of sp³-hybridized carbons (Fsp3) is 0.700. The molecule has 0 unspecified atom stereocenters. The summed E-state index contributed by atoms with van der Waals surface area (Å²) in [5.41, 5.74) is 0. The first-order valence-electron chi connectivity index (χ1n) is 5.25. The van der Waals surface area contributed by atoms with Crippen molar-refractivity contribution < 1.29 is 9.32 Å². The summed E-state index contributed by atoms with van der Waals surface area (Å²) in [7, 11) is 0. The molecule has 0 aromatic carbocycles. The third kappa shape index (κ3) is 3.34. The first kappa shape index (κ1) is 11.7. The number of hydrogen-bond acceptors (Lipinski definition) is 4. The van der Waals surface area contributed by atoms with Crippen molar-refractivity contribution >= 4 is 5.91 Å². The molecule has 15 heavy (non-hydrogen) atoms. The Morgan fingerprint density at radius 3 is 2.60 bits per heavy atom. The van der Waals surface area contributed by atoms with Crippen molar-refractivity contribution in [2.75, 3.05) is 6.54 Å². The monoisotopic (exact) mass is 211 g/mol. The molecule has 0 radical (unpaired) electrons. The van der Waals surface area contributed by atoms with Crippen LogP contribution >= 0.6 is 0 Å². The Balaban J connectivity index is 2.42. The van der Waals surface area contributed by atoms with E-state index in [-0.39, 0.29) is 11.7 Å². The molecule has 0 aliphatic heterocycles. The molecule has 84 valence electrons. The van der Waals surface area contributed by atoms with Gasteiger partial charge < -0.3 is 9.84 Å². The molecule has 1 rings (SSSR count). The number of carbonyl (C=O) groups excluding carboxylic acids is 1. The molecular weight excluding hydrogens is 194 g/mol. The summed E-state index contributed by atoms with van der Waals surface area (Å²) in [6.07, 6.45) is 2.12. The van der Waals surface area contributed by atoms with E-state index in [1.165, 1.54) is 0 Å². The van der Waals surface area contributed by atoms with Crippen molar-refractivity contribution in [3.63, 3.8) is 0 Å². The predicted molar refractivity (Wildman–Crippen MR) is 55.4 cm³/mol. The Morgan fingerprint density at radius 1 is 1.47 bits per heavy atom. The zero-order valence-electron chi connectivity index (χ0n) is 9.41. The van der Waals surface area contributed by atoms with Crippen LogP contribution in [0.3, 0.4) is 0 Å². The smallest absolute Gasteiger partial charge is 0.292 e. The second kappa shape index (κ2) is 5.48.